The maximum Gasteiger partial charge on any atom is 0.340 e. The second kappa shape index (κ2) is 10.3. The highest BCUT2D eigenvalue weighted by molar-refractivity contribution is 9.10. The number of nitrogens with zero attached hydrogens (tertiary/aromatic N) is 3. The first-order valence-corrected chi connectivity index (χ1v) is 12.4. The van der Waals surface area contributed by atoms with Gasteiger partial charge in [-0.1, -0.05) is 24.6 Å². The second-order valence-electron chi connectivity index (χ2n) is 8.87. The molecule has 4 rings (SSSR count). The summed E-state index contributed by atoms with van der Waals surface area (Å²) in [6, 6.07) is 12.0. The molecule has 176 valence electrons. The van der Waals surface area contributed by atoms with Gasteiger partial charge in [-0.25, -0.2) is 4.79 Å². The van der Waals surface area contributed by atoms with E-state index in [2.05, 4.69) is 37.5 Å². The van der Waals surface area contributed by atoms with E-state index < -0.39 is 0 Å². The number of piperidine rings is 1. The molecule has 0 aliphatic carbocycles. The van der Waals surface area contributed by atoms with Crippen molar-refractivity contribution in [2.24, 2.45) is 0 Å². The molecular formula is C26H32BrN3O3. The van der Waals surface area contributed by atoms with Crippen LogP contribution in [0.3, 0.4) is 0 Å². The zero-order chi connectivity index (χ0) is 23.5. The summed E-state index contributed by atoms with van der Waals surface area (Å²) >= 11 is 3.56. The predicted molar refractivity (Wildman–Crippen MR) is 135 cm³/mol. The number of rotatable bonds is 7. The SMILES string of the molecule is CCOC(=O)c1c(CN2CCCCC2)n(-c2ccccc2)c2cc(Br)c(O)c(CN(C)C)c12. The van der Waals surface area contributed by atoms with Crippen LogP contribution in [0.15, 0.2) is 40.9 Å². The van der Waals surface area contributed by atoms with Crippen molar-refractivity contribution in [2.75, 3.05) is 33.8 Å². The average molecular weight is 514 g/mol. The van der Waals surface area contributed by atoms with Gasteiger partial charge in [0.25, 0.3) is 0 Å². The molecule has 1 N–H and O–H groups in total. The molecule has 7 heteroatoms. The molecule has 2 heterocycles. The van der Waals surface area contributed by atoms with Crippen LogP contribution in [0.5, 0.6) is 5.75 Å². The molecule has 1 aromatic heterocycles. The lowest BCUT2D eigenvalue weighted by molar-refractivity contribution is 0.0525. The summed E-state index contributed by atoms with van der Waals surface area (Å²) in [5.74, 6) is -0.178. The molecular weight excluding hydrogens is 482 g/mol. The fourth-order valence-corrected chi connectivity index (χ4v) is 5.24. The lowest BCUT2D eigenvalue weighted by Crippen LogP contribution is -2.30. The van der Waals surface area contributed by atoms with E-state index in [9.17, 15) is 9.90 Å². The monoisotopic (exact) mass is 513 g/mol. The Morgan fingerprint density at radius 3 is 2.48 bits per heavy atom. The van der Waals surface area contributed by atoms with Gasteiger partial charge >= 0.3 is 5.97 Å². The van der Waals surface area contributed by atoms with Crippen molar-refractivity contribution in [1.82, 2.24) is 14.4 Å². The van der Waals surface area contributed by atoms with Crippen LogP contribution in [0.2, 0.25) is 0 Å². The summed E-state index contributed by atoms with van der Waals surface area (Å²) in [6.45, 7) is 5.29. The standard InChI is InChI=1S/C26H32BrN3O3/c1-4-33-26(32)24-22(17-29-13-9-6-10-14-29)30(18-11-7-5-8-12-18)21-15-20(27)25(31)19(23(21)24)16-28(2)3/h5,7-8,11-12,15,31H,4,6,9-10,13-14,16-17H2,1-3H3. The Bertz CT molecular complexity index is 1140. The van der Waals surface area contributed by atoms with E-state index in [-0.39, 0.29) is 11.7 Å². The third kappa shape index (κ3) is 4.81. The van der Waals surface area contributed by atoms with Gasteiger partial charge in [0.05, 0.1) is 27.9 Å². The Morgan fingerprint density at radius 1 is 1.15 bits per heavy atom. The predicted octanol–water partition coefficient (Wildman–Crippen LogP) is 5.32. The van der Waals surface area contributed by atoms with E-state index in [0.717, 1.165) is 40.9 Å². The first-order chi connectivity index (χ1) is 15.9. The lowest BCUT2D eigenvalue weighted by atomic mass is 10.0. The number of likely N-dealkylation sites (tertiary alicyclic amines) is 1. The molecule has 0 saturated carbocycles. The number of ether oxygens (including phenoxy) is 1. The van der Waals surface area contributed by atoms with E-state index in [1.807, 2.05) is 50.2 Å². The average Bonchev–Trinajstić information content (AvgIpc) is 3.11. The van der Waals surface area contributed by atoms with E-state index in [1.165, 1.54) is 19.3 Å². The molecule has 0 radical (unpaired) electrons. The fraction of sp³-hybridized carbons (Fsp3) is 0.423. The number of para-hydroxylation sites is 1. The summed E-state index contributed by atoms with van der Waals surface area (Å²) < 4.78 is 8.35. The maximum atomic E-state index is 13.4. The Kier molecular flexibility index (Phi) is 7.41. The van der Waals surface area contributed by atoms with Crippen molar-refractivity contribution in [2.45, 2.75) is 39.3 Å². The van der Waals surface area contributed by atoms with Gasteiger partial charge in [-0.15, -0.1) is 0 Å². The zero-order valence-corrected chi connectivity index (χ0v) is 21.2. The highest BCUT2D eigenvalue weighted by Gasteiger charge is 2.30. The molecule has 1 aliphatic heterocycles. The number of aromatic hydroxyl groups is 1. The van der Waals surface area contributed by atoms with Crippen LogP contribution in [0, 0.1) is 0 Å². The van der Waals surface area contributed by atoms with Crippen molar-refractivity contribution in [3.63, 3.8) is 0 Å². The number of hydrogen-bond donors (Lipinski definition) is 1. The van der Waals surface area contributed by atoms with Crippen LogP contribution in [0.1, 0.15) is 47.8 Å². The number of aromatic nitrogens is 1. The highest BCUT2D eigenvalue weighted by atomic mass is 79.9. The molecule has 0 amide bonds. The van der Waals surface area contributed by atoms with Gasteiger partial charge in [0, 0.05) is 29.7 Å². The van der Waals surface area contributed by atoms with Crippen molar-refractivity contribution in [1.29, 1.82) is 0 Å². The van der Waals surface area contributed by atoms with Crippen LogP contribution in [0.25, 0.3) is 16.6 Å². The lowest BCUT2D eigenvalue weighted by Gasteiger charge is -2.27. The molecule has 6 nitrogen and oxygen atoms in total. The Hall–Kier alpha value is -2.35. The number of phenols is 1. The summed E-state index contributed by atoms with van der Waals surface area (Å²) in [6.07, 6.45) is 3.58. The van der Waals surface area contributed by atoms with E-state index in [0.29, 0.717) is 29.7 Å². The van der Waals surface area contributed by atoms with E-state index >= 15 is 0 Å². The second-order valence-corrected chi connectivity index (χ2v) is 9.72. The van der Waals surface area contributed by atoms with E-state index in [4.69, 9.17) is 4.74 Å². The molecule has 0 bridgehead atoms. The molecule has 0 atom stereocenters. The van der Waals surface area contributed by atoms with Crippen molar-refractivity contribution >= 4 is 32.8 Å². The largest absolute Gasteiger partial charge is 0.506 e. The third-order valence-electron chi connectivity index (χ3n) is 6.17. The maximum absolute atomic E-state index is 13.4. The van der Waals surface area contributed by atoms with Crippen LogP contribution in [-0.2, 0) is 17.8 Å². The Balaban J connectivity index is 2.08. The van der Waals surface area contributed by atoms with E-state index in [1.54, 1.807) is 0 Å². The van der Waals surface area contributed by atoms with Gasteiger partial charge in [-0.3, -0.25) is 4.90 Å². The Labute approximate surface area is 203 Å². The summed E-state index contributed by atoms with van der Waals surface area (Å²) in [5, 5.41) is 11.8. The molecule has 1 aliphatic rings. The number of benzene rings is 2. The topological polar surface area (TPSA) is 57.9 Å². The number of carbonyl (C=O) groups excluding carboxylic acids is 1. The van der Waals surface area contributed by atoms with Gasteiger partial charge in [-0.2, -0.15) is 0 Å². The normalized spacial score (nSPS) is 14.8. The third-order valence-corrected chi connectivity index (χ3v) is 6.78. The minimum atomic E-state index is -0.342. The van der Waals surface area contributed by atoms with Crippen LogP contribution in [-0.4, -0.2) is 59.2 Å². The molecule has 0 unspecified atom stereocenters. The fourth-order valence-electron chi connectivity index (χ4n) is 4.78. The molecule has 33 heavy (non-hydrogen) atoms. The van der Waals surface area contributed by atoms with Gasteiger partial charge in [-0.05, 0) is 81.1 Å². The highest BCUT2D eigenvalue weighted by Crippen LogP contribution is 2.41. The minimum Gasteiger partial charge on any atom is -0.506 e. The number of carbonyl (C=O) groups is 1. The van der Waals surface area contributed by atoms with Crippen molar-refractivity contribution < 1.29 is 14.6 Å². The smallest absolute Gasteiger partial charge is 0.340 e. The molecule has 3 aromatic rings. The number of halogens is 1. The number of hydrogen-bond acceptors (Lipinski definition) is 5. The van der Waals surface area contributed by atoms with Gasteiger partial charge < -0.3 is 19.3 Å². The van der Waals surface area contributed by atoms with Crippen molar-refractivity contribution in [3.05, 3.63) is 57.7 Å². The van der Waals surface area contributed by atoms with Crippen LogP contribution in [0.4, 0.5) is 0 Å². The zero-order valence-electron chi connectivity index (χ0n) is 19.6. The van der Waals surface area contributed by atoms with Crippen molar-refractivity contribution in [3.8, 4) is 11.4 Å². The molecule has 2 aromatic carbocycles. The van der Waals surface area contributed by atoms with Gasteiger partial charge in [0.1, 0.15) is 5.75 Å². The molecule has 1 saturated heterocycles. The quantitative estimate of drug-likeness (QED) is 0.433. The minimum absolute atomic E-state index is 0.163. The molecule has 1 fully saturated rings. The number of phenolic OH excluding ortho intramolecular Hbond substituents is 1. The van der Waals surface area contributed by atoms with Crippen LogP contribution < -0.4 is 0 Å². The van der Waals surface area contributed by atoms with Gasteiger partial charge in [0.2, 0.25) is 0 Å². The number of esters is 1. The summed E-state index contributed by atoms with van der Waals surface area (Å²) in [4.78, 5) is 17.9. The van der Waals surface area contributed by atoms with Gasteiger partial charge in [0.15, 0.2) is 0 Å². The summed E-state index contributed by atoms with van der Waals surface area (Å²) in [5.41, 5.74) is 4.06. The first-order valence-electron chi connectivity index (χ1n) is 11.6. The van der Waals surface area contributed by atoms with Crippen LogP contribution >= 0.6 is 15.9 Å². The summed E-state index contributed by atoms with van der Waals surface area (Å²) in [7, 11) is 3.91. The number of fused-ring (bicyclic) bond motifs is 1. The first kappa shape index (κ1) is 23.8. The molecule has 0 spiro atoms. The Morgan fingerprint density at radius 2 is 1.85 bits per heavy atom.